The van der Waals surface area contributed by atoms with Gasteiger partial charge < -0.3 is 15.0 Å². The largest absolute Gasteiger partial charge is 0.461 e. The molecule has 2 aromatic rings. The van der Waals surface area contributed by atoms with Crippen molar-refractivity contribution in [3.63, 3.8) is 0 Å². The molecular formula is C13H18N4O2S. The van der Waals surface area contributed by atoms with E-state index in [2.05, 4.69) is 16.9 Å². The van der Waals surface area contributed by atoms with E-state index in [1.165, 1.54) is 4.88 Å². The molecule has 0 bridgehead atoms. The summed E-state index contributed by atoms with van der Waals surface area (Å²) in [6.07, 6.45) is 4.38. The Kier molecular flexibility index (Phi) is 4.39. The molecule has 2 rings (SSSR count). The number of thiazole rings is 1. The van der Waals surface area contributed by atoms with E-state index in [0.717, 1.165) is 11.4 Å². The Morgan fingerprint density at radius 3 is 2.85 bits per heavy atom. The lowest BCUT2D eigenvalue weighted by Crippen LogP contribution is -2.12. The molecule has 1 unspecified atom stereocenters. The fourth-order valence-corrected chi connectivity index (χ4v) is 2.74. The smallest absolute Gasteiger partial charge is 0.360 e. The van der Waals surface area contributed by atoms with Crippen LogP contribution in [-0.2, 0) is 11.2 Å². The number of nitrogens with zero attached hydrogens (tertiary/aromatic N) is 3. The minimum absolute atomic E-state index is 0.0593. The Balaban J connectivity index is 2.26. The lowest BCUT2D eigenvalue weighted by atomic mass is 10.3. The normalized spacial score (nSPS) is 12.3. The van der Waals surface area contributed by atoms with Crippen LogP contribution in [0.5, 0.6) is 0 Å². The van der Waals surface area contributed by atoms with Gasteiger partial charge in [0.05, 0.1) is 19.0 Å². The van der Waals surface area contributed by atoms with Crippen molar-refractivity contribution in [1.29, 1.82) is 0 Å². The molecule has 2 heterocycles. The van der Waals surface area contributed by atoms with Crippen molar-refractivity contribution >= 4 is 23.1 Å². The lowest BCUT2D eigenvalue weighted by Gasteiger charge is -2.12. The summed E-state index contributed by atoms with van der Waals surface area (Å²) in [7, 11) is 0. The third-order valence-corrected chi connectivity index (χ3v) is 4.31. The molecule has 0 fully saturated rings. The number of carbonyl (C=O) groups excluding carboxylic acids is 1. The van der Waals surface area contributed by atoms with Gasteiger partial charge in [-0.2, -0.15) is 0 Å². The standard InChI is InChI=1S/C13H18N4O2S/c1-4-9-6-15-12(20-9)8(3)17-7-16-10(11(17)14)13(18)19-5-2/h6-8H,4-5,14H2,1-3H3. The molecule has 1 atom stereocenters. The van der Waals surface area contributed by atoms with E-state index >= 15 is 0 Å². The first kappa shape index (κ1) is 14.5. The number of esters is 1. The number of hydrogen-bond acceptors (Lipinski definition) is 6. The van der Waals surface area contributed by atoms with E-state index in [-0.39, 0.29) is 11.7 Å². The molecule has 7 heteroatoms. The van der Waals surface area contributed by atoms with Gasteiger partial charge in [-0.3, -0.25) is 0 Å². The van der Waals surface area contributed by atoms with E-state index in [1.54, 1.807) is 29.2 Å². The molecule has 0 aromatic carbocycles. The molecule has 0 aliphatic heterocycles. The highest BCUT2D eigenvalue weighted by Gasteiger charge is 2.21. The predicted octanol–water partition coefficient (Wildman–Crippen LogP) is 2.27. The topological polar surface area (TPSA) is 83.0 Å². The van der Waals surface area contributed by atoms with Crippen LogP contribution in [0.1, 0.15) is 47.2 Å². The van der Waals surface area contributed by atoms with Crippen LogP contribution in [-0.4, -0.2) is 27.1 Å². The first-order valence-electron chi connectivity index (χ1n) is 6.52. The van der Waals surface area contributed by atoms with Gasteiger partial charge in [0.25, 0.3) is 0 Å². The first-order chi connectivity index (χ1) is 9.58. The summed E-state index contributed by atoms with van der Waals surface area (Å²) in [6, 6.07) is -0.0593. The second kappa shape index (κ2) is 6.04. The molecule has 2 N–H and O–H groups in total. The van der Waals surface area contributed by atoms with Crippen molar-refractivity contribution in [3.8, 4) is 0 Å². The lowest BCUT2D eigenvalue weighted by molar-refractivity contribution is 0.0521. The van der Waals surface area contributed by atoms with E-state index in [0.29, 0.717) is 12.4 Å². The second-order valence-electron chi connectivity index (χ2n) is 4.30. The van der Waals surface area contributed by atoms with Crippen LogP contribution >= 0.6 is 11.3 Å². The van der Waals surface area contributed by atoms with Crippen molar-refractivity contribution in [2.45, 2.75) is 33.2 Å². The number of ether oxygens (including phenoxy) is 1. The van der Waals surface area contributed by atoms with Gasteiger partial charge in [0.15, 0.2) is 5.69 Å². The summed E-state index contributed by atoms with van der Waals surface area (Å²) in [6.45, 7) is 6.11. The zero-order valence-corrected chi connectivity index (χ0v) is 12.6. The van der Waals surface area contributed by atoms with Gasteiger partial charge in [0.1, 0.15) is 10.8 Å². The number of aryl methyl sites for hydroxylation is 1. The van der Waals surface area contributed by atoms with Gasteiger partial charge in [-0.05, 0) is 20.3 Å². The van der Waals surface area contributed by atoms with Crippen LogP contribution in [0.25, 0.3) is 0 Å². The van der Waals surface area contributed by atoms with Crippen LogP contribution in [0.4, 0.5) is 5.82 Å². The van der Waals surface area contributed by atoms with Crippen molar-refractivity contribution in [2.75, 3.05) is 12.3 Å². The fraction of sp³-hybridized carbons (Fsp3) is 0.462. The molecule has 0 saturated carbocycles. The SMILES string of the molecule is CCOC(=O)c1ncn(C(C)c2ncc(CC)s2)c1N. The molecule has 0 amide bonds. The number of anilines is 1. The number of imidazole rings is 1. The summed E-state index contributed by atoms with van der Waals surface area (Å²) in [4.78, 5) is 21.4. The van der Waals surface area contributed by atoms with Gasteiger partial charge in [-0.15, -0.1) is 11.3 Å². The summed E-state index contributed by atoms with van der Waals surface area (Å²) >= 11 is 1.64. The van der Waals surface area contributed by atoms with Crippen LogP contribution in [0.3, 0.4) is 0 Å². The summed E-state index contributed by atoms with van der Waals surface area (Å²) in [5.41, 5.74) is 6.15. The van der Waals surface area contributed by atoms with Gasteiger partial charge in [-0.1, -0.05) is 6.92 Å². The maximum absolute atomic E-state index is 11.7. The summed E-state index contributed by atoms with van der Waals surface area (Å²) in [5.74, 6) is -0.187. The molecule has 0 aliphatic carbocycles. The van der Waals surface area contributed by atoms with Gasteiger partial charge in [0, 0.05) is 11.1 Å². The van der Waals surface area contributed by atoms with Crippen molar-refractivity contribution in [2.24, 2.45) is 0 Å². The maximum atomic E-state index is 11.7. The zero-order valence-electron chi connectivity index (χ0n) is 11.8. The minimum Gasteiger partial charge on any atom is -0.461 e. The van der Waals surface area contributed by atoms with E-state index in [1.807, 2.05) is 13.1 Å². The number of nitrogen functional groups attached to an aromatic ring is 1. The Hall–Kier alpha value is -1.89. The Morgan fingerprint density at radius 1 is 1.50 bits per heavy atom. The van der Waals surface area contributed by atoms with Gasteiger partial charge in [-0.25, -0.2) is 14.8 Å². The molecule has 0 aliphatic rings. The van der Waals surface area contributed by atoms with Crippen molar-refractivity contribution < 1.29 is 9.53 Å². The van der Waals surface area contributed by atoms with E-state index in [4.69, 9.17) is 10.5 Å². The molecular weight excluding hydrogens is 276 g/mol. The molecule has 0 radical (unpaired) electrons. The Bertz CT molecular complexity index is 605. The van der Waals surface area contributed by atoms with Crippen LogP contribution < -0.4 is 5.73 Å². The van der Waals surface area contributed by atoms with E-state index in [9.17, 15) is 4.79 Å². The third-order valence-electron chi connectivity index (χ3n) is 3.00. The Morgan fingerprint density at radius 2 is 2.25 bits per heavy atom. The molecule has 6 nitrogen and oxygen atoms in total. The monoisotopic (exact) mass is 294 g/mol. The van der Waals surface area contributed by atoms with Crippen LogP contribution in [0, 0.1) is 0 Å². The molecule has 108 valence electrons. The second-order valence-corrected chi connectivity index (χ2v) is 5.45. The van der Waals surface area contributed by atoms with Gasteiger partial charge >= 0.3 is 5.97 Å². The predicted molar refractivity (Wildman–Crippen MR) is 77.9 cm³/mol. The number of rotatable bonds is 5. The number of carbonyl (C=O) groups is 1. The van der Waals surface area contributed by atoms with Crippen LogP contribution in [0.2, 0.25) is 0 Å². The first-order valence-corrected chi connectivity index (χ1v) is 7.34. The maximum Gasteiger partial charge on any atom is 0.360 e. The average Bonchev–Trinajstić information content (AvgIpc) is 3.04. The summed E-state index contributed by atoms with van der Waals surface area (Å²) in [5, 5.41) is 0.946. The Labute approximate surface area is 121 Å². The number of nitrogens with two attached hydrogens (primary N) is 1. The third kappa shape index (κ3) is 2.67. The fourth-order valence-electron chi connectivity index (χ4n) is 1.83. The quantitative estimate of drug-likeness (QED) is 0.855. The van der Waals surface area contributed by atoms with Gasteiger partial charge in [0.2, 0.25) is 0 Å². The highest BCUT2D eigenvalue weighted by Crippen LogP contribution is 2.27. The molecule has 0 saturated heterocycles. The van der Waals surface area contributed by atoms with Crippen molar-refractivity contribution in [1.82, 2.24) is 14.5 Å². The highest BCUT2D eigenvalue weighted by atomic mass is 32.1. The molecule has 20 heavy (non-hydrogen) atoms. The summed E-state index contributed by atoms with van der Waals surface area (Å²) < 4.78 is 6.66. The number of aromatic nitrogens is 3. The highest BCUT2D eigenvalue weighted by molar-refractivity contribution is 7.11. The van der Waals surface area contributed by atoms with Crippen LogP contribution in [0.15, 0.2) is 12.5 Å². The van der Waals surface area contributed by atoms with E-state index < -0.39 is 5.97 Å². The zero-order chi connectivity index (χ0) is 14.7. The minimum atomic E-state index is -0.496. The molecule has 2 aromatic heterocycles. The van der Waals surface area contributed by atoms with Crippen molar-refractivity contribution in [3.05, 3.63) is 28.1 Å². The molecule has 0 spiro atoms. The number of hydrogen-bond donors (Lipinski definition) is 1. The average molecular weight is 294 g/mol.